The van der Waals surface area contributed by atoms with Crippen LogP contribution in [-0.2, 0) is 14.6 Å². The van der Waals surface area contributed by atoms with Gasteiger partial charge in [-0.3, -0.25) is 4.79 Å². The Morgan fingerprint density at radius 1 is 1.13 bits per heavy atom. The summed E-state index contributed by atoms with van der Waals surface area (Å²) in [7, 11) is -3.05. The lowest BCUT2D eigenvalue weighted by Crippen LogP contribution is -2.30. The van der Waals surface area contributed by atoms with E-state index in [9.17, 15) is 13.2 Å². The Labute approximate surface area is 137 Å². The predicted molar refractivity (Wildman–Crippen MR) is 90.0 cm³/mol. The molecule has 0 spiro atoms. The molecule has 2 atom stereocenters. The average molecular weight is 334 g/mol. The maximum absolute atomic E-state index is 12.1. The summed E-state index contributed by atoms with van der Waals surface area (Å²) in [5.41, 5.74) is 4.84. The minimum absolute atomic E-state index is 0.0498. The second kappa shape index (κ2) is 6.83. The quantitative estimate of drug-likeness (QED) is 0.862. The first-order valence-corrected chi connectivity index (χ1v) is 9.99. The predicted octanol–water partition coefficient (Wildman–Crippen LogP) is 2.25. The average Bonchev–Trinajstić information content (AvgIpc) is 2.94. The van der Waals surface area contributed by atoms with E-state index in [2.05, 4.69) is 22.7 Å². The molecule has 0 unspecified atom stereocenters. The molecule has 1 saturated heterocycles. The highest BCUT2D eigenvalue weighted by atomic mass is 32.2. The van der Waals surface area contributed by atoms with Crippen LogP contribution in [0.4, 0.5) is 0 Å². The van der Waals surface area contributed by atoms with Crippen molar-refractivity contribution in [3.8, 4) is 0 Å². The summed E-state index contributed by atoms with van der Waals surface area (Å²) in [6, 6.07) is 10.2. The van der Waals surface area contributed by atoms with Gasteiger partial charge < -0.3 is 0 Å². The van der Waals surface area contributed by atoms with Crippen molar-refractivity contribution in [1.29, 1.82) is 0 Å². The van der Waals surface area contributed by atoms with Crippen LogP contribution in [0.1, 0.15) is 43.6 Å². The first kappa shape index (κ1) is 16.2. The molecule has 1 aliphatic heterocycles. The molecule has 3 rings (SSSR count). The highest BCUT2D eigenvalue weighted by Gasteiger charge is 2.33. The standard InChI is InChI=1S/C17H22N2O3S/c20-17(14-10-11-23(21,22)12-14)19-18-16-9-5-4-8-15(16)13-6-2-1-3-7-13/h1-3,6-7,14-15H,4-5,8-12H2,(H,19,20)/t14-,15-/m1/s1. The normalized spacial score (nSPS) is 28.6. The van der Waals surface area contributed by atoms with Crippen molar-refractivity contribution in [2.45, 2.75) is 38.0 Å². The molecule has 1 aliphatic carbocycles. The van der Waals surface area contributed by atoms with E-state index in [1.165, 1.54) is 5.56 Å². The van der Waals surface area contributed by atoms with Crippen molar-refractivity contribution in [3.05, 3.63) is 35.9 Å². The number of nitrogens with zero attached hydrogens (tertiary/aromatic N) is 1. The number of rotatable bonds is 3. The number of hydrazone groups is 1. The van der Waals surface area contributed by atoms with E-state index in [-0.39, 0.29) is 23.3 Å². The smallest absolute Gasteiger partial charge is 0.244 e. The zero-order valence-corrected chi connectivity index (χ0v) is 13.9. The van der Waals surface area contributed by atoms with Crippen LogP contribution in [0.2, 0.25) is 0 Å². The Balaban J connectivity index is 1.69. The molecular weight excluding hydrogens is 312 g/mol. The molecule has 0 bridgehead atoms. The van der Waals surface area contributed by atoms with Crippen LogP contribution in [0.5, 0.6) is 0 Å². The van der Waals surface area contributed by atoms with Gasteiger partial charge in [0.1, 0.15) is 0 Å². The fourth-order valence-electron chi connectivity index (χ4n) is 3.39. The fraction of sp³-hybridized carbons (Fsp3) is 0.529. The molecule has 1 aromatic rings. The van der Waals surface area contributed by atoms with Gasteiger partial charge in [0.25, 0.3) is 0 Å². The summed E-state index contributed by atoms with van der Waals surface area (Å²) in [4.78, 5) is 12.1. The lowest BCUT2D eigenvalue weighted by atomic mass is 9.82. The maximum atomic E-state index is 12.1. The molecule has 2 fully saturated rings. The van der Waals surface area contributed by atoms with E-state index >= 15 is 0 Å². The third-order valence-electron chi connectivity index (χ3n) is 4.69. The summed E-state index contributed by atoms with van der Waals surface area (Å²) in [5, 5.41) is 4.36. The minimum Gasteiger partial charge on any atom is -0.273 e. The van der Waals surface area contributed by atoms with E-state index in [0.29, 0.717) is 6.42 Å². The van der Waals surface area contributed by atoms with Crippen LogP contribution in [0.3, 0.4) is 0 Å². The van der Waals surface area contributed by atoms with Gasteiger partial charge in [-0.2, -0.15) is 5.10 Å². The Kier molecular flexibility index (Phi) is 4.80. The minimum atomic E-state index is -3.05. The third kappa shape index (κ3) is 3.99. The second-order valence-electron chi connectivity index (χ2n) is 6.39. The number of sulfone groups is 1. The van der Waals surface area contributed by atoms with Gasteiger partial charge in [0, 0.05) is 11.6 Å². The molecule has 1 amide bonds. The van der Waals surface area contributed by atoms with Crippen LogP contribution in [0.15, 0.2) is 35.4 Å². The van der Waals surface area contributed by atoms with Crippen LogP contribution in [0, 0.1) is 5.92 Å². The van der Waals surface area contributed by atoms with Crippen LogP contribution in [0.25, 0.3) is 0 Å². The number of amides is 1. The van der Waals surface area contributed by atoms with E-state index in [0.717, 1.165) is 31.4 Å². The second-order valence-corrected chi connectivity index (χ2v) is 8.62. The van der Waals surface area contributed by atoms with Gasteiger partial charge >= 0.3 is 0 Å². The molecule has 1 heterocycles. The number of benzene rings is 1. The largest absolute Gasteiger partial charge is 0.273 e. The lowest BCUT2D eigenvalue weighted by molar-refractivity contribution is -0.124. The first-order valence-electron chi connectivity index (χ1n) is 8.17. The van der Waals surface area contributed by atoms with Gasteiger partial charge in [-0.15, -0.1) is 0 Å². The SMILES string of the molecule is O=C(NN=C1CCCC[C@@H]1c1ccccc1)[C@@H]1CCS(=O)(=O)C1. The Bertz CT molecular complexity index is 698. The lowest BCUT2D eigenvalue weighted by Gasteiger charge is -2.24. The molecular formula is C17H22N2O3S. The van der Waals surface area contributed by atoms with Gasteiger partial charge in [-0.1, -0.05) is 36.8 Å². The monoisotopic (exact) mass is 334 g/mol. The third-order valence-corrected chi connectivity index (χ3v) is 6.46. The van der Waals surface area contributed by atoms with Crippen LogP contribution >= 0.6 is 0 Å². The highest BCUT2D eigenvalue weighted by Crippen LogP contribution is 2.30. The van der Waals surface area contributed by atoms with Crippen molar-refractivity contribution < 1.29 is 13.2 Å². The van der Waals surface area contributed by atoms with Crippen molar-refractivity contribution >= 4 is 21.5 Å². The van der Waals surface area contributed by atoms with E-state index < -0.39 is 15.8 Å². The molecule has 6 heteroatoms. The summed E-state index contributed by atoms with van der Waals surface area (Å²) in [6.45, 7) is 0. The Hall–Kier alpha value is -1.69. The van der Waals surface area contributed by atoms with E-state index in [1.807, 2.05) is 18.2 Å². The van der Waals surface area contributed by atoms with Crippen molar-refractivity contribution in [1.82, 2.24) is 5.43 Å². The molecule has 23 heavy (non-hydrogen) atoms. The van der Waals surface area contributed by atoms with Crippen molar-refractivity contribution in [2.24, 2.45) is 11.0 Å². The van der Waals surface area contributed by atoms with E-state index in [1.54, 1.807) is 0 Å². The molecule has 5 nitrogen and oxygen atoms in total. The van der Waals surface area contributed by atoms with Crippen molar-refractivity contribution in [3.63, 3.8) is 0 Å². The number of carbonyl (C=O) groups excluding carboxylic acids is 1. The maximum Gasteiger partial charge on any atom is 0.244 e. The summed E-state index contributed by atoms with van der Waals surface area (Å²) in [5.74, 6) is -0.420. The fourth-order valence-corrected chi connectivity index (χ4v) is 5.14. The molecule has 1 N–H and O–H groups in total. The van der Waals surface area contributed by atoms with Crippen molar-refractivity contribution in [2.75, 3.05) is 11.5 Å². The molecule has 0 radical (unpaired) electrons. The zero-order valence-electron chi connectivity index (χ0n) is 13.1. The summed E-state index contributed by atoms with van der Waals surface area (Å²) < 4.78 is 22.9. The number of carbonyl (C=O) groups is 1. The zero-order chi connectivity index (χ0) is 16.3. The molecule has 1 saturated carbocycles. The highest BCUT2D eigenvalue weighted by molar-refractivity contribution is 7.91. The molecule has 1 aromatic carbocycles. The number of hydrogen-bond donors (Lipinski definition) is 1. The molecule has 2 aliphatic rings. The van der Waals surface area contributed by atoms with Gasteiger partial charge in [-0.25, -0.2) is 13.8 Å². The molecule has 124 valence electrons. The molecule has 0 aromatic heterocycles. The topological polar surface area (TPSA) is 75.6 Å². The summed E-state index contributed by atoms with van der Waals surface area (Å²) >= 11 is 0. The van der Waals surface area contributed by atoms with Gasteiger partial charge in [0.05, 0.1) is 17.4 Å². The Morgan fingerprint density at radius 2 is 1.91 bits per heavy atom. The van der Waals surface area contributed by atoms with Crippen LogP contribution in [-0.4, -0.2) is 31.5 Å². The number of nitrogens with one attached hydrogen (secondary N) is 1. The number of hydrogen-bond acceptors (Lipinski definition) is 4. The van der Waals surface area contributed by atoms with Gasteiger partial charge in [-0.05, 0) is 31.2 Å². The van der Waals surface area contributed by atoms with E-state index in [4.69, 9.17) is 0 Å². The summed E-state index contributed by atoms with van der Waals surface area (Å²) in [6.07, 6.45) is 4.56. The first-order chi connectivity index (χ1) is 11.1. The van der Waals surface area contributed by atoms with Gasteiger partial charge in [0.15, 0.2) is 9.84 Å². The van der Waals surface area contributed by atoms with Crippen LogP contribution < -0.4 is 5.43 Å². The van der Waals surface area contributed by atoms with Gasteiger partial charge in [0.2, 0.25) is 5.91 Å². The Morgan fingerprint density at radius 3 is 2.61 bits per heavy atom.